The van der Waals surface area contributed by atoms with Crippen LogP contribution in [-0.4, -0.2) is 25.7 Å². The maximum Gasteiger partial charge on any atom is 0.257 e. The molecule has 6 nitrogen and oxygen atoms in total. The predicted octanol–water partition coefficient (Wildman–Crippen LogP) is -0.867. The van der Waals surface area contributed by atoms with Gasteiger partial charge in [-0.15, -0.1) is 10.2 Å². The molecule has 0 amide bonds. The van der Waals surface area contributed by atoms with E-state index in [0.29, 0.717) is 0 Å². The van der Waals surface area contributed by atoms with Crippen LogP contribution >= 0.6 is 0 Å². The van der Waals surface area contributed by atoms with Crippen LogP contribution in [0.25, 0.3) is 0 Å². The van der Waals surface area contributed by atoms with Crippen molar-refractivity contribution in [1.29, 1.82) is 0 Å². The molecule has 0 saturated carbocycles. The van der Waals surface area contributed by atoms with Crippen molar-refractivity contribution in [3.8, 4) is 5.88 Å². The van der Waals surface area contributed by atoms with Crippen LogP contribution in [0.4, 0.5) is 0 Å². The molecule has 1 aromatic heterocycles. The molecule has 0 aliphatic carbocycles. The molecule has 1 rings (SSSR count). The van der Waals surface area contributed by atoms with Crippen molar-refractivity contribution in [1.82, 2.24) is 10.2 Å². The van der Waals surface area contributed by atoms with E-state index < -0.39 is 10.0 Å². The van der Waals surface area contributed by atoms with Crippen LogP contribution in [0.3, 0.4) is 0 Å². The zero-order valence-corrected chi connectivity index (χ0v) is 7.08. The molecule has 0 atom stereocenters. The minimum absolute atomic E-state index is 0.238. The molecule has 0 aliphatic heterocycles. The zero-order valence-electron chi connectivity index (χ0n) is 6.26. The molecule has 0 spiro atoms. The van der Waals surface area contributed by atoms with Crippen molar-refractivity contribution in [3.63, 3.8) is 0 Å². The lowest BCUT2D eigenvalue weighted by Gasteiger charge is -1.97. The van der Waals surface area contributed by atoms with Gasteiger partial charge in [-0.25, -0.2) is 13.6 Å². The molecule has 0 aromatic carbocycles. The SMILES string of the molecule is COc1ccc(S(N)(=O)=O)nn1. The summed E-state index contributed by atoms with van der Waals surface area (Å²) in [6, 6.07) is 2.59. The Hall–Kier alpha value is -1.21. The van der Waals surface area contributed by atoms with E-state index in [0.717, 1.165) is 0 Å². The Balaban J connectivity index is 3.09. The van der Waals surface area contributed by atoms with Gasteiger partial charge in [-0.2, -0.15) is 0 Å². The third-order valence-corrected chi connectivity index (χ3v) is 1.92. The van der Waals surface area contributed by atoms with Crippen molar-refractivity contribution in [3.05, 3.63) is 12.1 Å². The van der Waals surface area contributed by atoms with E-state index in [9.17, 15) is 8.42 Å². The molecular formula is C5H7N3O3S. The summed E-state index contributed by atoms with van der Waals surface area (Å²) in [5.41, 5.74) is 0. The first-order chi connectivity index (χ1) is 5.54. The van der Waals surface area contributed by atoms with Gasteiger partial charge < -0.3 is 4.74 Å². The number of aromatic nitrogens is 2. The Kier molecular flexibility index (Phi) is 2.25. The molecule has 1 heterocycles. The van der Waals surface area contributed by atoms with E-state index in [4.69, 9.17) is 5.14 Å². The summed E-state index contributed by atoms with van der Waals surface area (Å²) in [5.74, 6) is 0.238. The number of nitrogens with zero attached hydrogens (tertiary/aromatic N) is 2. The first-order valence-corrected chi connectivity index (χ1v) is 4.49. The van der Waals surface area contributed by atoms with Crippen molar-refractivity contribution >= 4 is 10.0 Å². The smallest absolute Gasteiger partial charge is 0.257 e. The number of nitrogens with two attached hydrogens (primary N) is 1. The van der Waals surface area contributed by atoms with Gasteiger partial charge in [0.25, 0.3) is 10.0 Å². The number of hydrogen-bond donors (Lipinski definition) is 1. The number of ether oxygens (including phenoxy) is 1. The third-order valence-electron chi connectivity index (χ3n) is 1.12. The monoisotopic (exact) mass is 189 g/mol. The van der Waals surface area contributed by atoms with Crippen LogP contribution in [0.5, 0.6) is 5.88 Å². The fourth-order valence-electron chi connectivity index (χ4n) is 0.568. The molecule has 0 bridgehead atoms. The van der Waals surface area contributed by atoms with Crippen LogP contribution in [0.1, 0.15) is 0 Å². The maximum atomic E-state index is 10.7. The largest absolute Gasteiger partial charge is 0.480 e. The van der Waals surface area contributed by atoms with Crippen LogP contribution in [0.2, 0.25) is 0 Å². The van der Waals surface area contributed by atoms with Gasteiger partial charge in [0.05, 0.1) is 7.11 Å². The Morgan fingerprint density at radius 3 is 2.42 bits per heavy atom. The fraction of sp³-hybridized carbons (Fsp3) is 0.200. The lowest BCUT2D eigenvalue weighted by atomic mass is 10.6. The molecule has 7 heteroatoms. The molecule has 0 aliphatic rings. The average Bonchev–Trinajstić information content (AvgIpc) is 2.03. The molecular weight excluding hydrogens is 182 g/mol. The van der Waals surface area contributed by atoms with E-state index in [1.54, 1.807) is 0 Å². The Bertz CT molecular complexity index is 358. The minimum Gasteiger partial charge on any atom is -0.480 e. The highest BCUT2D eigenvalue weighted by molar-refractivity contribution is 7.89. The van der Waals surface area contributed by atoms with E-state index in [1.165, 1.54) is 19.2 Å². The summed E-state index contributed by atoms with van der Waals surface area (Å²) in [4.78, 5) is 0. The fourth-order valence-corrected chi connectivity index (χ4v) is 0.981. The predicted molar refractivity (Wildman–Crippen MR) is 40.0 cm³/mol. The van der Waals surface area contributed by atoms with Gasteiger partial charge in [-0.05, 0) is 6.07 Å². The van der Waals surface area contributed by atoms with Gasteiger partial charge >= 0.3 is 0 Å². The standard InChI is InChI=1S/C5H7N3O3S/c1-11-4-2-3-5(8-7-4)12(6,9)10/h2-3H,1H3,(H2,6,9,10). The molecule has 0 saturated heterocycles. The Morgan fingerprint density at radius 2 is 2.08 bits per heavy atom. The summed E-state index contributed by atoms with van der Waals surface area (Å²) in [7, 11) is -2.35. The second-order valence-corrected chi connectivity index (χ2v) is 3.47. The second kappa shape index (κ2) is 3.03. The van der Waals surface area contributed by atoms with E-state index in [1.807, 2.05) is 0 Å². The summed E-state index contributed by atoms with van der Waals surface area (Å²) in [6.45, 7) is 0. The van der Waals surface area contributed by atoms with Crippen molar-refractivity contribution in [2.45, 2.75) is 5.03 Å². The van der Waals surface area contributed by atoms with E-state index >= 15 is 0 Å². The van der Waals surface area contributed by atoms with Crippen molar-refractivity contribution in [2.75, 3.05) is 7.11 Å². The van der Waals surface area contributed by atoms with Gasteiger partial charge in [-0.3, -0.25) is 0 Å². The highest BCUT2D eigenvalue weighted by Gasteiger charge is 2.09. The van der Waals surface area contributed by atoms with Crippen LogP contribution in [0, 0.1) is 0 Å². The van der Waals surface area contributed by atoms with Crippen molar-refractivity contribution in [2.24, 2.45) is 5.14 Å². The van der Waals surface area contributed by atoms with E-state index in [2.05, 4.69) is 14.9 Å². The number of sulfonamides is 1. The van der Waals surface area contributed by atoms with Crippen LogP contribution in [0.15, 0.2) is 17.2 Å². The zero-order chi connectivity index (χ0) is 9.19. The summed E-state index contributed by atoms with van der Waals surface area (Å²) >= 11 is 0. The normalized spacial score (nSPS) is 11.2. The molecule has 2 N–H and O–H groups in total. The van der Waals surface area contributed by atoms with Gasteiger partial charge in [0.2, 0.25) is 5.88 Å². The van der Waals surface area contributed by atoms with Crippen LogP contribution in [-0.2, 0) is 10.0 Å². The second-order valence-electron chi connectivity index (χ2n) is 1.96. The molecule has 0 unspecified atom stereocenters. The first-order valence-electron chi connectivity index (χ1n) is 2.94. The number of rotatable bonds is 2. The number of primary sulfonamides is 1. The lowest BCUT2D eigenvalue weighted by molar-refractivity contribution is 0.389. The molecule has 0 radical (unpaired) electrons. The topological polar surface area (TPSA) is 95.2 Å². The molecule has 66 valence electrons. The minimum atomic E-state index is -3.76. The number of methoxy groups -OCH3 is 1. The summed E-state index contributed by atoms with van der Waals surface area (Å²) in [6.07, 6.45) is 0. The summed E-state index contributed by atoms with van der Waals surface area (Å²) in [5, 5.41) is 11.3. The van der Waals surface area contributed by atoms with Crippen molar-refractivity contribution < 1.29 is 13.2 Å². The van der Waals surface area contributed by atoms with Gasteiger partial charge in [0, 0.05) is 6.07 Å². The quantitative estimate of drug-likeness (QED) is 0.652. The molecule has 12 heavy (non-hydrogen) atoms. The van der Waals surface area contributed by atoms with Gasteiger partial charge in [-0.1, -0.05) is 0 Å². The first kappa shape index (κ1) is 8.88. The molecule has 1 aromatic rings. The Labute approximate surface area is 69.4 Å². The van der Waals surface area contributed by atoms with E-state index in [-0.39, 0.29) is 10.9 Å². The average molecular weight is 189 g/mol. The van der Waals surface area contributed by atoms with Gasteiger partial charge in [0.1, 0.15) is 0 Å². The lowest BCUT2D eigenvalue weighted by Crippen LogP contribution is -2.14. The maximum absolute atomic E-state index is 10.7. The molecule has 0 fully saturated rings. The van der Waals surface area contributed by atoms with Gasteiger partial charge in [0.15, 0.2) is 5.03 Å². The highest BCUT2D eigenvalue weighted by Crippen LogP contribution is 2.05. The Morgan fingerprint density at radius 1 is 1.42 bits per heavy atom. The third kappa shape index (κ3) is 1.89. The highest BCUT2D eigenvalue weighted by atomic mass is 32.2. The van der Waals surface area contributed by atoms with Crippen LogP contribution < -0.4 is 9.88 Å². The number of hydrogen-bond acceptors (Lipinski definition) is 5. The summed E-state index contributed by atoms with van der Waals surface area (Å²) < 4.78 is 26.0.